The summed E-state index contributed by atoms with van der Waals surface area (Å²) in [6, 6.07) is 5.81. The highest BCUT2D eigenvalue weighted by molar-refractivity contribution is 5.74. The van der Waals surface area contributed by atoms with Gasteiger partial charge in [-0.25, -0.2) is 0 Å². The van der Waals surface area contributed by atoms with E-state index in [1.54, 1.807) is 6.07 Å². The first-order valence-electron chi connectivity index (χ1n) is 9.16. The van der Waals surface area contributed by atoms with Gasteiger partial charge in [0.15, 0.2) is 0 Å². The normalized spacial score (nSPS) is 45.8. The molecule has 3 fully saturated rings. The molecule has 0 amide bonds. The maximum absolute atomic E-state index is 11.8. The summed E-state index contributed by atoms with van der Waals surface area (Å²) in [6.07, 6.45) is 4.69. The molecule has 128 valence electrons. The summed E-state index contributed by atoms with van der Waals surface area (Å²) in [4.78, 5) is 11.8. The number of phenols is 1. The van der Waals surface area contributed by atoms with Crippen molar-refractivity contribution in [3.63, 3.8) is 0 Å². The van der Waals surface area contributed by atoms with Crippen molar-refractivity contribution in [2.24, 2.45) is 17.3 Å². The summed E-state index contributed by atoms with van der Waals surface area (Å²) in [7, 11) is 0. The van der Waals surface area contributed by atoms with Crippen molar-refractivity contribution in [2.75, 3.05) is 0 Å². The Morgan fingerprint density at radius 3 is 2.96 bits per heavy atom. The van der Waals surface area contributed by atoms with Gasteiger partial charge < -0.3 is 14.9 Å². The molecule has 4 heteroatoms. The maximum Gasteiger partial charge on any atom is 0.309 e. The van der Waals surface area contributed by atoms with Crippen molar-refractivity contribution in [1.82, 2.24) is 0 Å². The molecule has 2 N–H and O–H groups in total. The van der Waals surface area contributed by atoms with Crippen LogP contribution in [0.4, 0.5) is 0 Å². The Kier molecular flexibility index (Phi) is 2.79. The average Bonchev–Trinajstić information content (AvgIpc) is 2.94. The maximum atomic E-state index is 11.8. The topological polar surface area (TPSA) is 66.8 Å². The summed E-state index contributed by atoms with van der Waals surface area (Å²) in [6.45, 7) is 2.18. The van der Waals surface area contributed by atoms with Crippen LogP contribution >= 0.6 is 0 Å². The largest absolute Gasteiger partial charge is 0.508 e. The summed E-state index contributed by atoms with van der Waals surface area (Å²) < 4.78 is 5.49. The van der Waals surface area contributed by atoms with Gasteiger partial charge in [0, 0.05) is 5.41 Å². The van der Waals surface area contributed by atoms with Crippen LogP contribution in [0.5, 0.6) is 5.75 Å². The van der Waals surface area contributed by atoms with Crippen molar-refractivity contribution in [2.45, 2.75) is 63.1 Å². The lowest BCUT2D eigenvalue weighted by atomic mass is 9.53. The van der Waals surface area contributed by atoms with E-state index >= 15 is 0 Å². The highest BCUT2D eigenvalue weighted by atomic mass is 16.6. The summed E-state index contributed by atoms with van der Waals surface area (Å²) in [5, 5.41) is 21.1. The van der Waals surface area contributed by atoms with E-state index in [0.29, 0.717) is 23.5 Å². The molecule has 1 saturated heterocycles. The molecule has 6 unspecified atom stereocenters. The lowest BCUT2D eigenvalue weighted by Gasteiger charge is -2.52. The monoisotopic (exact) mass is 328 g/mol. The second-order valence-corrected chi connectivity index (χ2v) is 8.57. The molecule has 6 atom stereocenters. The molecule has 1 aliphatic heterocycles. The number of carbonyl (C=O) groups excluding carboxylic acids is 1. The van der Waals surface area contributed by atoms with E-state index < -0.39 is 5.60 Å². The highest BCUT2D eigenvalue weighted by Gasteiger charge is 2.69. The Morgan fingerprint density at radius 1 is 1.29 bits per heavy atom. The number of aromatic hydroxyl groups is 1. The molecule has 5 rings (SSSR count). The molecule has 4 nitrogen and oxygen atoms in total. The number of aryl methyl sites for hydroxylation is 1. The predicted octanol–water partition coefficient (Wildman–Crippen LogP) is 2.90. The summed E-state index contributed by atoms with van der Waals surface area (Å²) >= 11 is 0. The van der Waals surface area contributed by atoms with E-state index in [2.05, 4.69) is 13.0 Å². The number of hydrogen-bond donors (Lipinski definition) is 2. The zero-order chi connectivity index (χ0) is 16.7. The SMILES string of the molecule is CC12CCC3c4ccc(O)cc4CCC3C1CC1OC(=O)CC12O. The Bertz CT molecular complexity index is 728. The minimum Gasteiger partial charge on any atom is -0.508 e. The van der Waals surface area contributed by atoms with Gasteiger partial charge in [0.05, 0.1) is 6.42 Å². The van der Waals surface area contributed by atoms with Crippen molar-refractivity contribution in [3.05, 3.63) is 29.3 Å². The van der Waals surface area contributed by atoms with E-state index in [1.807, 2.05) is 6.07 Å². The average molecular weight is 328 g/mol. The van der Waals surface area contributed by atoms with Gasteiger partial charge in [-0.1, -0.05) is 13.0 Å². The van der Waals surface area contributed by atoms with E-state index in [0.717, 1.165) is 32.1 Å². The molecule has 0 radical (unpaired) electrons. The molecule has 0 spiro atoms. The fourth-order valence-electron chi connectivity index (χ4n) is 6.54. The van der Waals surface area contributed by atoms with Gasteiger partial charge in [0.1, 0.15) is 17.5 Å². The van der Waals surface area contributed by atoms with Gasteiger partial charge in [-0.15, -0.1) is 0 Å². The number of fused-ring (bicyclic) bond motifs is 7. The smallest absolute Gasteiger partial charge is 0.309 e. The van der Waals surface area contributed by atoms with Crippen LogP contribution in [0, 0.1) is 17.3 Å². The third-order valence-electron chi connectivity index (χ3n) is 7.78. The molecule has 2 saturated carbocycles. The second kappa shape index (κ2) is 4.54. The van der Waals surface area contributed by atoms with Gasteiger partial charge in [-0.2, -0.15) is 0 Å². The first-order chi connectivity index (χ1) is 11.4. The minimum atomic E-state index is -0.977. The molecule has 0 aromatic heterocycles. The molecule has 0 bridgehead atoms. The van der Waals surface area contributed by atoms with Crippen LogP contribution in [-0.4, -0.2) is 27.9 Å². The number of ether oxygens (including phenoxy) is 1. The van der Waals surface area contributed by atoms with Crippen LogP contribution in [-0.2, 0) is 16.0 Å². The molecule has 1 aromatic carbocycles. The first-order valence-corrected chi connectivity index (χ1v) is 9.16. The van der Waals surface area contributed by atoms with Gasteiger partial charge in [0.25, 0.3) is 0 Å². The van der Waals surface area contributed by atoms with Crippen LogP contribution in [0.3, 0.4) is 0 Å². The standard InChI is InChI=1S/C20H24O4/c1-19-7-6-14-13-5-3-12(21)8-11(13)2-4-15(14)16(19)9-17-20(19,23)10-18(22)24-17/h3,5,8,14-17,21,23H,2,4,6-7,9-10H2,1H3. The molecular formula is C20H24O4. The number of esters is 1. The van der Waals surface area contributed by atoms with E-state index in [4.69, 9.17) is 4.74 Å². The summed E-state index contributed by atoms with van der Waals surface area (Å²) in [5.74, 6) is 1.55. The number of rotatable bonds is 0. The minimum absolute atomic E-state index is 0.159. The first kappa shape index (κ1) is 14.8. The lowest BCUT2D eigenvalue weighted by molar-refractivity contribution is -0.142. The van der Waals surface area contributed by atoms with Crippen LogP contribution in [0.2, 0.25) is 0 Å². The quantitative estimate of drug-likeness (QED) is 0.719. The van der Waals surface area contributed by atoms with E-state index in [9.17, 15) is 15.0 Å². The van der Waals surface area contributed by atoms with Crippen molar-refractivity contribution >= 4 is 5.97 Å². The zero-order valence-electron chi connectivity index (χ0n) is 14.0. The molecule has 24 heavy (non-hydrogen) atoms. The van der Waals surface area contributed by atoms with Crippen molar-refractivity contribution < 1.29 is 19.7 Å². The van der Waals surface area contributed by atoms with E-state index in [1.165, 1.54) is 11.1 Å². The Hall–Kier alpha value is -1.55. The fourth-order valence-corrected chi connectivity index (χ4v) is 6.54. The van der Waals surface area contributed by atoms with Crippen LogP contribution in [0.1, 0.15) is 56.1 Å². The number of carbonyl (C=O) groups is 1. The third kappa shape index (κ3) is 1.65. The lowest BCUT2D eigenvalue weighted by Crippen LogP contribution is -2.52. The van der Waals surface area contributed by atoms with E-state index in [-0.39, 0.29) is 23.9 Å². The molecule has 1 heterocycles. The number of benzene rings is 1. The van der Waals surface area contributed by atoms with Gasteiger partial charge in [-0.3, -0.25) is 4.79 Å². The Morgan fingerprint density at radius 2 is 2.12 bits per heavy atom. The molecule has 1 aromatic rings. The molecule has 3 aliphatic carbocycles. The van der Waals surface area contributed by atoms with Crippen molar-refractivity contribution in [3.8, 4) is 5.75 Å². The van der Waals surface area contributed by atoms with Crippen LogP contribution in [0.25, 0.3) is 0 Å². The van der Waals surface area contributed by atoms with Gasteiger partial charge in [-0.05, 0) is 73.1 Å². The number of aliphatic hydroxyl groups is 1. The highest BCUT2D eigenvalue weighted by Crippen LogP contribution is 2.66. The predicted molar refractivity (Wildman–Crippen MR) is 87.6 cm³/mol. The zero-order valence-corrected chi connectivity index (χ0v) is 14.0. The molecular weight excluding hydrogens is 304 g/mol. The van der Waals surface area contributed by atoms with Crippen LogP contribution < -0.4 is 0 Å². The van der Waals surface area contributed by atoms with Gasteiger partial charge in [0.2, 0.25) is 0 Å². The summed E-state index contributed by atoms with van der Waals surface area (Å²) in [5.41, 5.74) is 1.46. The fraction of sp³-hybridized carbons (Fsp3) is 0.650. The Balaban J connectivity index is 1.53. The third-order valence-corrected chi connectivity index (χ3v) is 7.78. The van der Waals surface area contributed by atoms with Gasteiger partial charge >= 0.3 is 5.97 Å². The number of hydrogen-bond acceptors (Lipinski definition) is 4. The Labute approximate surface area is 141 Å². The second-order valence-electron chi connectivity index (χ2n) is 8.57. The van der Waals surface area contributed by atoms with Crippen LogP contribution in [0.15, 0.2) is 18.2 Å². The van der Waals surface area contributed by atoms with Crippen molar-refractivity contribution in [1.29, 1.82) is 0 Å². The number of phenolic OH excluding ortho intramolecular Hbond substituents is 1. The molecule has 4 aliphatic rings.